The van der Waals surface area contributed by atoms with Gasteiger partial charge in [-0.05, 0) is 30.7 Å². The summed E-state index contributed by atoms with van der Waals surface area (Å²) < 4.78 is 2.03. The Kier molecular flexibility index (Phi) is 2.91. The first-order valence-electron chi connectivity index (χ1n) is 6.43. The third kappa shape index (κ3) is 1.84. The molecule has 1 aliphatic rings. The lowest BCUT2D eigenvalue weighted by Gasteiger charge is -2.18. The third-order valence-electron chi connectivity index (χ3n) is 4.04. The first-order valence-corrected chi connectivity index (χ1v) is 6.43. The van der Waals surface area contributed by atoms with Crippen LogP contribution in [0, 0.1) is 11.8 Å². The van der Waals surface area contributed by atoms with E-state index in [0.29, 0.717) is 17.2 Å². The molecule has 0 unspecified atom stereocenters. The normalized spacial score (nSPS) is 23.8. The van der Waals surface area contributed by atoms with E-state index in [2.05, 4.69) is 9.97 Å². The number of aliphatic hydroxyl groups is 1. The van der Waals surface area contributed by atoms with Crippen molar-refractivity contribution in [3.05, 3.63) is 28.9 Å². The third-order valence-corrected chi connectivity index (χ3v) is 4.04. The van der Waals surface area contributed by atoms with Crippen LogP contribution in [0.3, 0.4) is 0 Å². The number of fused-ring (bicyclic) bond motifs is 1. The van der Waals surface area contributed by atoms with Crippen molar-refractivity contribution in [3.8, 4) is 0 Å². The summed E-state index contributed by atoms with van der Waals surface area (Å²) in [6.45, 7) is 1.10. The monoisotopic (exact) mass is 247 g/mol. The van der Waals surface area contributed by atoms with E-state index in [-0.39, 0.29) is 12.2 Å². The van der Waals surface area contributed by atoms with Crippen LogP contribution < -0.4 is 5.56 Å². The average molecular weight is 247 g/mol. The molecule has 96 valence electrons. The van der Waals surface area contributed by atoms with Crippen LogP contribution in [0.2, 0.25) is 0 Å². The summed E-state index contributed by atoms with van der Waals surface area (Å²) in [7, 11) is 0. The van der Waals surface area contributed by atoms with Gasteiger partial charge in [-0.2, -0.15) is 0 Å². The molecule has 1 aliphatic carbocycles. The van der Waals surface area contributed by atoms with Gasteiger partial charge in [-0.1, -0.05) is 6.42 Å². The van der Waals surface area contributed by atoms with E-state index in [9.17, 15) is 9.90 Å². The number of nitrogens with zero attached hydrogens (tertiary/aromatic N) is 2. The van der Waals surface area contributed by atoms with E-state index in [1.165, 1.54) is 12.7 Å². The molecule has 2 aromatic heterocycles. The lowest BCUT2D eigenvalue weighted by atomic mass is 9.97. The number of H-pyrrole nitrogens is 1. The molecule has 2 N–H and O–H groups in total. The SMILES string of the molecule is O=c1[nH]cnc2c1ccn2C[C@H]1CCC[C@H]1CO. The molecule has 18 heavy (non-hydrogen) atoms. The molecule has 1 saturated carbocycles. The number of rotatable bonds is 3. The summed E-state index contributed by atoms with van der Waals surface area (Å²) in [6, 6.07) is 1.81. The zero-order valence-electron chi connectivity index (χ0n) is 10.2. The smallest absolute Gasteiger partial charge is 0.260 e. The summed E-state index contributed by atoms with van der Waals surface area (Å²) in [4.78, 5) is 18.4. The van der Waals surface area contributed by atoms with Crippen LogP contribution in [-0.2, 0) is 6.54 Å². The van der Waals surface area contributed by atoms with Crippen LogP contribution in [0.4, 0.5) is 0 Å². The summed E-state index contributed by atoms with van der Waals surface area (Å²) >= 11 is 0. The summed E-state index contributed by atoms with van der Waals surface area (Å²) in [6.07, 6.45) is 6.80. The van der Waals surface area contributed by atoms with Gasteiger partial charge in [0.15, 0.2) is 0 Å². The lowest BCUT2D eigenvalue weighted by molar-refractivity contribution is 0.185. The summed E-state index contributed by atoms with van der Waals surface area (Å²) in [5.74, 6) is 0.885. The Morgan fingerprint density at radius 1 is 1.44 bits per heavy atom. The molecule has 5 nitrogen and oxygen atoms in total. The Morgan fingerprint density at radius 2 is 2.28 bits per heavy atom. The molecular weight excluding hydrogens is 230 g/mol. The quantitative estimate of drug-likeness (QED) is 0.854. The van der Waals surface area contributed by atoms with Crippen LogP contribution in [-0.4, -0.2) is 26.2 Å². The highest BCUT2D eigenvalue weighted by Gasteiger charge is 2.27. The molecule has 0 aliphatic heterocycles. The highest BCUT2D eigenvalue weighted by molar-refractivity contribution is 5.74. The number of hydrogen-bond donors (Lipinski definition) is 2. The van der Waals surface area contributed by atoms with Gasteiger partial charge in [0, 0.05) is 19.3 Å². The van der Waals surface area contributed by atoms with Gasteiger partial charge in [0.1, 0.15) is 5.65 Å². The predicted octanol–water partition coefficient (Wildman–Crippen LogP) is 1.13. The molecule has 3 rings (SSSR count). The second-order valence-corrected chi connectivity index (χ2v) is 5.07. The molecule has 2 aromatic rings. The van der Waals surface area contributed by atoms with E-state index in [0.717, 1.165) is 25.0 Å². The predicted molar refractivity (Wildman–Crippen MR) is 68.3 cm³/mol. The molecule has 0 amide bonds. The van der Waals surface area contributed by atoms with E-state index in [1.807, 2.05) is 16.8 Å². The van der Waals surface area contributed by atoms with E-state index in [1.54, 1.807) is 0 Å². The maximum atomic E-state index is 11.6. The highest BCUT2D eigenvalue weighted by atomic mass is 16.3. The molecule has 0 aromatic carbocycles. The molecular formula is C13H17N3O2. The van der Waals surface area contributed by atoms with Crippen molar-refractivity contribution < 1.29 is 5.11 Å². The second kappa shape index (κ2) is 4.57. The maximum absolute atomic E-state index is 11.6. The van der Waals surface area contributed by atoms with E-state index < -0.39 is 0 Å². The zero-order chi connectivity index (χ0) is 12.5. The molecule has 0 radical (unpaired) electrons. The number of aliphatic hydroxyl groups excluding tert-OH is 1. The Balaban J connectivity index is 1.91. The first-order chi connectivity index (χ1) is 8.79. The van der Waals surface area contributed by atoms with Crippen molar-refractivity contribution in [2.75, 3.05) is 6.61 Å². The van der Waals surface area contributed by atoms with E-state index in [4.69, 9.17) is 0 Å². The fourth-order valence-electron chi connectivity index (χ4n) is 3.01. The van der Waals surface area contributed by atoms with Gasteiger partial charge < -0.3 is 14.7 Å². The zero-order valence-corrected chi connectivity index (χ0v) is 10.2. The molecule has 1 fully saturated rings. The van der Waals surface area contributed by atoms with Gasteiger partial charge in [-0.3, -0.25) is 4.79 Å². The molecule has 2 heterocycles. The Morgan fingerprint density at radius 3 is 3.11 bits per heavy atom. The van der Waals surface area contributed by atoms with Crippen LogP contribution in [0.15, 0.2) is 23.4 Å². The average Bonchev–Trinajstić information content (AvgIpc) is 2.98. The van der Waals surface area contributed by atoms with Crippen LogP contribution in [0.5, 0.6) is 0 Å². The van der Waals surface area contributed by atoms with Crippen molar-refractivity contribution >= 4 is 11.0 Å². The second-order valence-electron chi connectivity index (χ2n) is 5.07. The van der Waals surface area contributed by atoms with E-state index >= 15 is 0 Å². The summed E-state index contributed by atoms with van der Waals surface area (Å²) in [5.41, 5.74) is 0.645. The van der Waals surface area contributed by atoms with Gasteiger partial charge >= 0.3 is 0 Å². The fourth-order valence-corrected chi connectivity index (χ4v) is 3.01. The Hall–Kier alpha value is -1.62. The topological polar surface area (TPSA) is 70.9 Å². The number of nitrogens with one attached hydrogen (secondary N) is 1. The van der Waals surface area contributed by atoms with Crippen molar-refractivity contribution in [2.45, 2.75) is 25.8 Å². The van der Waals surface area contributed by atoms with Gasteiger partial charge in [-0.15, -0.1) is 0 Å². The maximum Gasteiger partial charge on any atom is 0.260 e. The first kappa shape index (κ1) is 11.5. The Bertz CT molecular complexity index is 602. The van der Waals surface area contributed by atoms with Gasteiger partial charge in [0.05, 0.1) is 11.7 Å². The summed E-state index contributed by atoms with van der Waals surface area (Å²) in [5, 5.41) is 9.98. The van der Waals surface area contributed by atoms with Crippen molar-refractivity contribution in [2.24, 2.45) is 11.8 Å². The minimum Gasteiger partial charge on any atom is -0.396 e. The minimum absolute atomic E-state index is 0.0936. The number of aromatic amines is 1. The lowest BCUT2D eigenvalue weighted by Crippen LogP contribution is -2.18. The van der Waals surface area contributed by atoms with Crippen molar-refractivity contribution in [3.63, 3.8) is 0 Å². The van der Waals surface area contributed by atoms with Gasteiger partial charge in [0.2, 0.25) is 0 Å². The molecule has 5 heteroatoms. The standard InChI is InChI=1S/C13H17N3O2/c17-7-10-3-1-2-9(10)6-16-5-4-11-12(16)14-8-15-13(11)18/h4-5,8-10,17H,1-3,6-7H2,(H,14,15,18)/t9-,10+/m1/s1. The fraction of sp³-hybridized carbons (Fsp3) is 0.538. The van der Waals surface area contributed by atoms with Crippen LogP contribution >= 0.6 is 0 Å². The number of hydrogen-bond acceptors (Lipinski definition) is 3. The van der Waals surface area contributed by atoms with Crippen molar-refractivity contribution in [1.29, 1.82) is 0 Å². The van der Waals surface area contributed by atoms with Gasteiger partial charge in [-0.25, -0.2) is 4.98 Å². The molecule has 2 atom stereocenters. The Labute approximate surface area is 104 Å². The molecule has 0 bridgehead atoms. The van der Waals surface area contributed by atoms with Crippen LogP contribution in [0.1, 0.15) is 19.3 Å². The van der Waals surface area contributed by atoms with Gasteiger partial charge in [0.25, 0.3) is 5.56 Å². The highest BCUT2D eigenvalue weighted by Crippen LogP contribution is 2.33. The van der Waals surface area contributed by atoms with Crippen molar-refractivity contribution in [1.82, 2.24) is 14.5 Å². The minimum atomic E-state index is -0.0936. The largest absolute Gasteiger partial charge is 0.396 e. The molecule has 0 saturated heterocycles. The number of aromatic nitrogens is 3. The molecule has 0 spiro atoms. The van der Waals surface area contributed by atoms with Crippen LogP contribution in [0.25, 0.3) is 11.0 Å².